The summed E-state index contributed by atoms with van der Waals surface area (Å²) in [5.74, 6) is 3.51. The average Bonchev–Trinajstić information content (AvgIpc) is 3.45. The topological polar surface area (TPSA) is 62.1 Å². The van der Waals surface area contributed by atoms with Crippen molar-refractivity contribution < 1.29 is 9.47 Å². The molecule has 0 N–H and O–H groups in total. The predicted molar refractivity (Wildman–Crippen MR) is 126 cm³/mol. The van der Waals surface area contributed by atoms with Crippen molar-refractivity contribution in [2.75, 3.05) is 14.2 Å². The number of rotatable bonds is 8. The van der Waals surface area contributed by atoms with E-state index in [0.717, 1.165) is 50.2 Å². The van der Waals surface area contributed by atoms with Gasteiger partial charge >= 0.3 is 0 Å². The Morgan fingerprint density at radius 1 is 1.00 bits per heavy atom. The van der Waals surface area contributed by atoms with Crippen LogP contribution in [0, 0.1) is 0 Å². The molecule has 0 saturated heterocycles. The molecule has 0 atom stereocenters. The van der Waals surface area contributed by atoms with Crippen molar-refractivity contribution in [2.24, 2.45) is 0 Å². The Labute approximate surface area is 190 Å². The zero-order valence-electron chi connectivity index (χ0n) is 17.9. The highest BCUT2D eigenvalue weighted by molar-refractivity contribution is 7.98. The molecule has 8 heteroatoms. The van der Waals surface area contributed by atoms with Crippen molar-refractivity contribution in [3.8, 4) is 28.6 Å². The third-order valence-corrected chi connectivity index (χ3v) is 6.86. The predicted octanol–water partition coefficient (Wildman–Crippen LogP) is 5.82. The minimum atomic E-state index is 0.436. The number of ether oxygens (including phenoxy) is 2. The molecule has 0 bridgehead atoms. The summed E-state index contributed by atoms with van der Waals surface area (Å²) in [6, 6.07) is 15.7. The minimum Gasteiger partial charge on any atom is -0.497 e. The molecular formula is C23H24N4O2S2. The van der Waals surface area contributed by atoms with Crippen LogP contribution in [0.2, 0.25) is 0 Å². The fraction of sp³-hybridized carbons (Fsp3) is 0.261. The van der Waals surface area contributed by atoms with Gasteiger partial charge in [0.1, 0.15) is 11.5 Å². The number of hydrogen-bond acceptors (Lipinski definition) is 7. The van der Waals surface area contributed by atoms with Crippen molar-refractivity contribution in [1.82, 2.24) is 19.7 Å². The van der Waals surface area contributed by atoms with Gasteiger partial charge in [-0.2, -0.15) is 0 Å². The normalized spacial score (nSPS) is 11.1. The maximum atomic E-state index is 5.40. The zero-order chi connectivity index (χ0) is 21.8. The number of aromatic nitrogens is 4. The number of thiazole rings is 1. The summed E-state index contributed by atoms with van der Waals surface area (Å²) in [6.45, 7) is 4.33. The van der Waals surface area contributed by atoms with Gasteiger partial charge in [-0.15, -0.1) is 21.5 Å². The molecule has 2 heterocycles. The second kappa shape index (κ2) is 9.53. The molecule has 0 radical (unpaired) electrons. The molecule has 0 aliphatic heterocycles. The number of nitrogens with zero attached hydrogens (tertiary/aromatic N) is 4. The number of hydrogen-bond donors (Lipinski definition) is 0. The summed E-state index contributed by atoms with van der Waals surface area (Å²) in [4.78, 5) is 4.74. The molecule has 0 unspecified atom stereocenters. The second-order valence-corrected chi connectivity index (χ2v) is 9.02. The Bertz CT molecular complexity index is 1150. The van der Waals surface area contributed by atoms with Gasteiger partial charge in [-0.25, -0.2) is 4.98 Å². The third kappa shape index (κ3) is 4.75. The Balaban J connectivity index is 1.70. The molecule has 0 spiro atoms. The van der Waals surface area contributed by atoms with Crippen LogP contribution >= 0.6 is 23.1 Å². The maximum absolute atomic E-state index is 5.40. The number of benzene rings is 2. The highest BCUT2D eigenvalue weighted by Gasteiger charge is 2.18. The summed E-state index contributed by atoms with van der Waals surface area (Å²) in [6.07, 6.45) is 0. The van der Waals surface area contributed by atoms with E-state index in [0.29, 0.717) is 5.92 Å². The fourth-order valence-electron chi connectivity index (χ4n) is 3.07. The molecule has 4 rings (SSSR count). The van der Waals surface area contributed by atoms with E-state index in [1.807, 2.05) is 48.5 Å². The molecule has 0 aliphatic carbocycles. The van der Waals surface area contributed by atoms with Gasteiger partial charge < -0.3 is 9.47 Å². The lowest BCUT2D eigenvalue weighted by Gasteiger charge is -2.11. The standard InChI is InChI=1S/C23H24N4O2S2/c1-15(2)22-24-17(13-30-22)14-31-23-26-25-21(16-6-5-7-20(12-16)29-4)27(23)18-8-10-19(28-3)11-9-18/h5-13,15H,14H2,1-4H3. The summed E-state index contributed by atoms with van der Waals surface area (Å²) in [7, 11) is 3.32. The first-order valence-corrected chi connectivity index (χ1v) is 11.8. The van der Waals surface area contributed by atoms with Crippen LogP contribution in [0.1, 0.15) is 30.5 Å². The Morgan fingerprint density at radius 2 is 1.77 bits per heavy atom. The van der Waals surface area contributed by atoms with Crippen LogP contribution in [0.4, 0.5) is 0 Å². The summed E-state index contributed by atoms with van der Waals surface area (Å²) >= 11 is 3.34. The first-order valence-electron chi connectivity index (χ1n) is 9.90. The summed E-state index contributed by atoms with van der Waals surface area (Å²) < 4.78 is 12.8. The fourth-order valence-corrected chi connectivity index (χ4v) is 4.85. The third-order valence-electron chi connectivity index (χ3n) is 4.70. The van der Waals surface area contributed by atoms with E-state index in [4.69, 9.17) is 14.5 Å². The molecule has 6 nitrogen and oxygen atoms in total. The Kier molecular flexibility index (Phi) is 6.58. The molecule has 0 saturated carbocycles. The smallest absolute Gasteiger partial charge is 0.196 e. The van der Waals surface area contributed by atoms with E-state index in [2.05, 4.69) is 34.0 Å². The van der Waals surface area contributed by atoms with E-state index in [1.54, 1.807) is 37.3 Å². The van der Waals surface area contributed by atoms with Gasteiger partial charge in [-0.1, -0.05) is 37.7 Å². The molecule has 2 aromatic heterocycles. The van der Waals surface area contributed by atoms with Crippen LogP contribution in [0.3, 0.4) is 0 Å². The zero-order valence-corrected chi connectivity index (χ0v) is 19.5. The van der Waals surface area contributed by atoms with Crippen molar-refractivity contribution in [3.63, 3.8) is 0 Å². The molecular weight excluding hydrogens is 428 g/mol. The molecule has 31 heavy (non-hydrogen) atoms. The lowest BCUT2D eigenvalue weighted by molar-refractivity contribution is 0.414. The highest BCUT2D eigenvalue weighted by atomic mass is 32.2. The number of thioether (sulfide) groups is 1. The summed E-state index contributed by atoms with van der Waals surface area (Å²) in [5, 5.41) is 13.1. The van der Waals surface area contributed by atoms with Crippen LogP contribution in [-0.4, -0.2) is 34.0 Å². The molecule has 0 aliphatic rings. The average molecular weight is 453 g/mol. The molecule has 4 aromatic rings. The van der Waals surface area contributed by atoms with Gasteiger partial charge in [0.25, 0.3) is 0 Å². The van der Waals surface area contributed by atoms with Gasteiger partial charge in [-0.05, 0) is 36.4 Å². The van der Waals surface area contributed by atoms with Crippen LogP contribution in [0.25, 0.3) is 17.1 Å². The molecule has 2 aromatic carbocycles. The van der Waals surface area contributed by atoms with Crippen molar-refractivity contribution >= 4 is 23.1 Å². The first-order chi connectivity index (χ1) is 15.1. The largest absolute Gasteiger partial charge is 0.497 e. The molecule has 160 valence electrons. The second-order valence-electron chi connectivity index (χ2n) is 7.19. The van der Waals surface area contributed by atoms with Crippen LogP contribution in [-0.2, 0) is 5.75 Å². The van der Waals surface area contributed by atoms with Crippen LogP contribution in [0.5, 0.6) is 11.5 Å². The lowest BCUT2D eigenvalue weighted by Crippen LogP contribution is -2.00. The summed E-state index contributed by atoms with van der Waals surface area (Å²) in [5.41, 5.74) is 2.96. The highest BCUT2D eigenvalue weighted by Crippen LogP contribution is 2.32. The SMILES string of the molecule is COc1ccc(-n2c(SCc3csc(C(C)C)n3)nnc2-c2cccc(OC)c2)cc1. The van der Waals surface area contributed by atoms with E-state index >= 15 is 0 Å². The van der Waals surface area contributed by atoms with Crippen LogP contribution in [0.15, 0.2) is 59.1 Å². The van der Waals surface area contributed by atoms with Gasteiger partial charge in [0.05, 0.1) is 24.9 Å². The van der Waals surface area contributed by atoms with Gasteiger partial charge in [0.2, 0.25) is 0 Å². The van der Waals surface area contributed by atoms with Crippen molar-refractivity contribution in [2.45, 2.75) is 30.7 Å². The van der Waals surface area contributed by atoms with E-state index in [9.17, 15) is 0 Å². The van der Waals surface area contributed by atoms with E-state index in [-0.39, 0.29) is 0 Å². The first kappa shape index (κ1) is 21.4. The van der Waals surface area contributed by atoms with E-state index < -0.39 is 0 Å². The van der Waals surface area contributed by atoms with Crippen LogP contribution < -0.4 is 9.47 Å². The van der Waals surface area contributed by atoms with Gasteiger partial charge in [-0.3, -0.25) is 4.57 Å². The Morgan fingerprint density at radius 3 is 2.45 bits per heavy atom. The van der Waals surface area contributed by atoms with Crippen molar-refractivity contribution in [3.05, 3.63) is 64.6 Å². The quantitative estimate of drug-likeness (QED) is 0.314. The molecule has 0 fully saturated rings. The van der Waals surface area contributed by atoms with Gasteiger partial charge in [0, 0.05) is 28.3 Å². The maximum Gasteiger partial charge on any atom is 0.196 e. The van der Waals surface area contributed by atoms with Crippen molar-refractivity contribution in [1.29, 1.82) is 0 Å². The molecule has 0 amide bonds. The van der Waals surface area contributed by atoms with E-state index in [1.165, 1.54) is 0 Å². The number of methoxy groups -OCH3 is 2. The lowest BCUT2D eigenvalue weighted by atomic mass is 10.2. The Hall–Kier alpha value is -2.84. The van der Waals surface area contributed by atoms with Gasteiger partial charge in [0.15, 0.2) is 11.0 Å². The minimum absolute atomic E-state index is 0.436. The monoisotopic (exact) mass is 452 g/mol.